The van der Waals surface area contributed by atoms with Crippen molar-refractivity contribution in [1.82, 2.24) is 0 Å². The Hall–Kier alpha value is -2.91. The van der Waals surface area contributed by atoms with Crippen LogP contribution in [0.15, 0.2) is 42.5 Å². The summed E-state index contributed by atoms with van der Waals surface area (Å²) in [6.07, 6.45) is 0.277. The van der Waals surface area contributed by atoms with E-state index in [0.29, 0.717) is 11.5 Å². The lowest BCUT2D eigenvalue weighted by molar-refractivity contribution is 0.354. The number of methoxy groups -OCH3 is 2. The van der Waals surface area contributed by atoms with Crippen molar-refractivity contribution in [2.24, 2.45) is 0 Å². The maximum absolute atomic E-state index is 8.95. The average molecular weight is 277 g/mol. The van der Waals surface area contributed by atoms with E-state index in [1.165, 1.54) is 0 Å². The van der Waals surface area contributed by atoms with Crippen LogP contribution in [0.3, 0.4) is 0 Å². The van der Waals surface area contributed by atoms with Gasteiger partial charge in [-0.3, -0.25) is 0 Å². The monoisotopic (exact) mass is 277 g/mol. The highest BCUT2D eigenvalue weighted by Gasteiger charge is 2.09. The largest absolute Gasteiger partial charge is 0.493 e. The van der Waals surface area contributed by atoms with E-state index in [9.17, 15) is 0 Å². The van der Waals surface area contributed by atoms with Crippen molar-refractivity contribution in [3.8, 4) is 29.4 Å². The fourth-order valence-corrected chi connectivity index (χ4v) is 1.93. The summed E-state index contributed by atoms with van der Waals surface area (Å²) in [4.78, 5) is 0. The molecule has 2 aromatic carbocycles. The quantitative estimate of drug-likeness (QED) is 0.809. The Morgan fingerprint density at radius 3 is 2.24 bits per heavy atom. The van der Waals surface area contributed by atoms with Gasteiger partial charge < -0.3 is 9.47 Å². The summed E-state index contributed by atoms with van der Waals surface area (Å²) in [7, 11) is 3.15. The summed E-state index contributed by atoms with van der Waals surface area (Å²) in [5.74, 6) is 7.41. The van der Waals surface area contributed by atoms with Crippen LogP contribution in [-0.2, 0) is 6.42 Å². The third kappa shape index (κ3) is 3.55. The molecule has 0 atom stereocenters. The van der Waals surface area contributed by atoms with Crippen molar-refractivity contribution >= 4 is 0 Å². The molecule has 0 saturated heterocycles. The minimum atomic E-state index is 0.277. The van der Waals surface area contributed by atoms with E-state index in [-0.39, 0.29) is 6.42 Å². The van der Waals surface area contributed by atoms with Crippen molar-refractivity contribution in [3.05, 3.63) is 59.2 Å². The number of hydrogen-bond donors (Lipinski definition) is 0. The minimum Gasteiger partial charge on any atom is -0.493 e. The van der Waals surface area contributed by atoms with Crippen LogP contribution in [0.1, 0.15) is 16.7 Å². The minimum absolute atomic E-state index is 0.277. The van der Waals surface area contributed by atoms with Crippen molar-refractivity contribution in [1.29, 1.82) is 5.26 Å². The highest BCUT2D eigenvalue weighted by atomic mass is 16.5. The molecule has 0 saturated carbocycles. The van der Waals surface area contributed by atoms with Crippen molar-refractivity contribution in [3.63, 3.8) is 0 Å². The second-order valence-electron chi connectivity index (χ2n) is 4.32. The molecule has 2 aromatic rings. The van der Waals surface area contributed by atoms with Gasteiger partial charge in [-0.2, -0.15) is 5.26 Å². The molecular formula is C18H15NO2. The molecule has 0 unspecified atom stereocenters. The fourth-order valence-electron chi connectivity index (χ4n) is 1.93. The van der Waals surface area contributed by atoms with Crippen LogP contribution in [0, 0.1) is 23.2 Å². The molecule has 0 heterocycles. The predicted octanol–water partition coefficient (Wildman–Crippen LogP) is 3.17. The maximum Gasteiger partial charge on any atom is 0.161 e. The van der Waals surface area contributed by atoms with Crippen LogP contribution in [0.4, 0.5) is 0 Å². The standard InChI is InChI=1S/C18H15NO2/c1-20-17-12-15(9-8-14-6-4-3-5-7-14)16(10-11-19)13-18(17)21-2/h3-7,12-13H,10H2,1-2H3. The topological polar surface area (TPSA) is 42.2 Å². The summed E-state index contributed by atoms with van der Waals surface area (Å²) in [5.41, 5.74) is 2.53. The third-order valence-electron chi connectivity index (χ3n) is 2.99. The molecule has 104 valence electrons. The number of ether oxygens (including phenoxy) is 2. The first-order valence-corrected chi connectivity index (χ1v) is 6.47. The Morgan fingerprint density at radius 1 is 0.952 bits per heavy atom. The number of nitrogens with zero attached hydrogens (tertiary/aromatic N) is 1. The zero-order chi connectivity index (χ0) is 15.1. The molecule has 3 heteroatoms. The van der Waals surface area contributed by atoms with Gasteiger partial charge in [0.15, 0.2) is 11.5 Å². The van der Waals surface area contributed by atoms with E-state index in [2.05, 4.69) is 17.9 Å². The van der Waals surface area contributed by atoms with Gasteiger partial charge in [0.1, 0.15) is 0 Å². The first-order chi connectivity index (χ1) is 10.3. The van der Waals surface area contributed by atoms with Gasteiger partial charge in [-0.25, -0.2) is 0 Å². The Labute approximate surface area is 124 Å². The van der Waals surface area contributed by atoms with E-state index in [4.69, 9.17) is 14.7 Å². The molecule has 0 radical (unpaired) electrons. The summed E-state index contributed by atoms with van der Waals surface area (Å²) >= 11 is 0. The van der Waals surface area contributed by atoms with Gasteiger partial charge in [-0.1, -0.05) is 30.0 Å². The maximum atomic E-state index is 8.95. The van der Waals surface area contributed by atoms with Gasteiger partial charge >= 0.3 is 0 Å². The van der Waals surface area contributed by atoms with Gasteiger partial charge in [-0.05, 0) is 29.8 Å². The molecular weight excluding hydrogens is 262 g/mol. The third-order valence-corrected chi connectivity index (χ3v) is 2.99. The average Bonchev–Trinajstić information content (AvgIpc) is 2.54. The molecule has 0 aromatic heterocycles. The molecule has 0 aliphatic carbocycles. The second kappa shape index (κ2) is 7.03. The zero-order valence-electron chi connectivity index (χ0n) is 12.0. The smallest absolute Gasteiger partial charge is 0.161 e. The summed E-state index contributed by atoms with van der Waals surface area (Å²) in [6.45, 7) is 0. The lowest BCUT2D eigenvalue weighted by Crippen LogP contribution is -1.96. The number of benzene rings is 2. The first kappa shape index (κ1) is 14.5. The summed E-state index contributed by atoms with van der Waals surface area (Å²) in [6, 6.07) is 15.5. The molecule has 0 bridgehead atoms. The highest BCUT2D eigenvalue weighted by Crippen LogP contribution is 2.30. The highest BCUT2D eigenvalue weighted by molar-refractivity contribution is 5.55. The molecule has 0 aliphatic rings. The van der Waals surface area contributed by atoms with Crippen molar-refractivity contribution in [2.75, 3.05) is 14.2 Å². The molecule has 3 nitrogen and oxygen atoms in total. The number of rotatable bonds is 3. The SMILES string of the molecule is COc1cc(C#Cc2ccccc2)c(CC#N)cc1OC. The van der Waals surface area contributed by atoms with Crippen LogP contribution in [0.25, 0.3) is 0 Å². The van der Waals surface area contributed by atoms with E-state index in [1.54, 1.807) is 26.4 Å². The van der Waals surface area contributed by atoms with Crippen LogP contribution in [-0.4, -0.2) is 14.2 Å². The first-order valence-electron chi connectivity index (χ1n) is 6.47. The Kier molecular flexibility index (Phi) is 4.85. The molecule has 0 N–H and O–H groups in total. The summed E-state index contributed by atoms with van der Waals surface area (Å²) in [5, 5.41) is 8.95. The molecule has 21 heavy (non-hydrogen) atoms. The van der Waals surface area contributed by atoms with E-state index < -0.39 is 0 Å². The van der Waals surface area contributed by atoms with Crippen LogP contribution >= 0.6 is 0 Å². The molecule has 0 amide bonds. The van der Waals surface area contributed by atoms with Crippen molar-refractivity contribution < 1.29 is 9.47 Å². The Bertz CT molecular complexity index is 719. The lowest BCUT2D eigenvalue weighted by atomic mass is 10.0. The number of nitriles is 1. The van der Waals surface area contributed by atoms with E-state index in [1.807, 2.05) is 30.3 Å². The van der Waals surface area contributed by atoms with Gasteiger partial charge in [0.25, 0.3) is 0 Å². The van der Waals surface area contributed by atoms with Gasteiger partial charge in [-0.15, -0.1) is 0 Å². The van der Waals surface area contributed by atoms with E-state index >= 15 is 0 Å². The Morgan fingerprint density at radius 2 is 1.62 bits per heavy atom. The zero-order valence-corrected chi connectivity index (χ0v) is 12.0. The fraction of sp³-hybridized carbons (Fsp3) is 0.167. The van der Waals surface area contributed by atoms with Gasteiger partial charge in [0.05, 0.1) is 26.7 Å². The van der Waals surface area contributed by atoms with Gasteiger partial charge in [0.2, 0.25) is 0 Å². The molecule has 2 rings (SSSR count). The van der Waals surface area contributed by atoms with E-state index in [0.717, 1.165) is 16.7 Å². The van der Waals surface area contributed by atoms with Crippen molar-refractivity contribution in [2.45, 2.75) is 6.42 Å². The van der Waals surface area contributed by atoms with Gasteiger partial charge in [0, 0.05) is 11.1 Å². The molecule has 0 spiro atoms. The van der Waals surface area contributed by atoms with Crippen LogP contribution in [0.2, 0.25) is 0 Å². The van der Waals surface area contributed by atoms with Crippen LogP contribution in [0.5, 0.6) is 11.5 Å². The normalized spacial score (nSPS) is 9.19. The molecule has 0 fully saturated rings. The lowest BCUT2D eigenvalue weighted by Gasteiger charge is -2.10. The summed E-state index contributed by atoms with van der Waals surface area (Å²) < 4.78 is 10.5. The second-order valence-corrected chi connectivity index (χ2v) is 4.32. The Balaban J connectivity index is 2.47. The predicted molar refractivity (Wildman–Crippen MR) is 81.3 cm³/mol. The molecule has 0 aliphatic heterocycles. The van der Waals surface area contributed by atoms with Crippen LogP contribution < -0.4 is 9.47 Å². The number of hydrogen-bond acceptors (Lipinski definition) is 3.